The molecule has 0 aromatic carbocycles. The number of ketones is 1. The number of fused-ring (bicyclic) bond motifs is 5. The second kappa shape index (κ2) is 5.56. The highest BCUT2D eigenvalue weighted by Gasteiger charge is 2.58. The van der Waals surface area contributed by atoms with E-state index in [9.17, 15) is 9.90 Å². The van der Waals surface area contributed by atoms with Gasteiger partial charge in [-0.05, 0) is 84.2 Å². The van der Waals surface area contributed by atoms with Crippen LogP contribution in [-0.4, -0.2) is 17.5 Å². The molecule has 0 saturated heterocycles. The Kier molecular flexibility index (Phi) is 3.84. The molecule has 1 N–H and O–H groups in total. The van der Waals surface area contributed by atoms with Gasteiger partial charge in [-0.3, -0.25) is 4.79 Å². The third-order valence-corrected chi connectivity index (χ3v) is 8.56. The second-order valence-electron chi connectivity index (χ2n) is 9.52. The third-order valence-electron chi connectivity index (χ3n) is 8.56. The van der Waals surface area contributed by atoms with Crippen molar-refractivity contribution in [3.8, 4) is 0 Å². The van der Waals surface area contributed by atoms with Gasteiger partial charge >= 0.3 is 0 Å². The first kappa shape index (κ1) is 16.6. The fourth-order valence-corrected chi connectivity index (χ4v) is 7.10. The fourth-order valence-electron chi connectivity index (χ4n) is 7.10. The van der Waals surface area contributed by atoms with Crippen LogP contribution in [-0.2, 0) is 4.79 Å². The maximum atomic E-state index is 11.9. The molecule has 2 saturated carbocycles. The van der Waals surface area contributed by atoms with E-state index in [4.69, 9.17) is 0 Å². The van der Waals surface area contributed by atoms with Gasteiger partial charge in [-0.25, -0.2) is 0 Å². The lowest BCUT2D eigenvalue weighted by atomic mass is 9.48. The number of hydrogen-bond donors (Lipinski definition) is 1. The molecule has 4 rings (SSSR count). The predicted octanol–water partition coefficient (Wildman–Crippen LogP) is 4.54. The fraction of sp³-hybridized carbons (Fsp3) is 0.773. The largest absolute Gasteiger partial charge is 0.396 e. The number of carbonyl (C=O) groups excluding carboxylic acids is 1. The summed E-state index contributed by atoms with van der Waals surface area (Å²) in [4.78, 5) is 11.9. The van der Waals surface area contributed by atoms with Crippen molar-refractivity contribution in [2.45, 2.75) is 59.3 Å². The van der Waals surface area contributed by atoms with Crippen molar-refractivity contribution in [3.63, 3.8) is 0 Å². The Bertz CT molecular complexity index is 603. The first-order chi connectivity index (χ1) is 11.4. The number of aliphatic hydroxyl groups is 1. The summed E-state index contributed by atoms with van der Waals surface area (Å²) < 4.78 is 0. The van der Waals surface area contributed by atoms with E-state index in [-0.39, 0.29) is 5.41 Å². The summed E-state index contributed by atoms with van der Waals surface area (Å²) in [6.07, 6.45) is 13.6. The number of aliphatic hydroxyl groups excluding tert-OH is 1. The van der Waals surface area contributed by atoms with Crippen LogP contribution in [0.1, 0.15) is 59.3 Å². The van der Waals surface area contributed by atoms with Gasteiger partial charge in [0.15, 0.2) is 5.78 Å². The van der Waals surface area contributed by atoms with E-state index in [0.29, 0.717) is 41.5 Å². The Morgan fingerprint density at radius 1 is 1.21 bits per heavy atom. The molecule has 0 aromatic heterocycles. The van der Waals surface area contributed by atoms with Crippen molar-refractivity contribution in [3.05, 3.63) is 23.8 Å². The molecule has 7 atom stereocenters. The number of carbonyl (C=O) groups is 1. The van der Waals surface area contributed by atoms with Gasteiger partial charge in [-0.15, -0.1) is 0 Å². The highest BCUT2D eigenvalue weighted by Crippen LogP contribution is 2.66. The Balaban J connectivity index is 1.68. The summed E-state index contributed by atoms with van der Waals surface area (Å²) in [6.45, 7) is 7.47. The van der Waals surface area contributed by atoms with Crippen molar-refractivity contribution in [1.82, 2.24) is 0 Å². The molecule has 0 aromatic rings. The number of allylic oxidation sites excluding steroid dienone is 4. The van der Waals surface area contributed by atoms with Gasteiger partial charge in [0.2, 0.25) is 0 Å². The van der Waals surface area contributed by atoms with Crippen LogP contribution in [0, 0.1) is 40.4 Å². The van der Waals surface area contributed by atoms with E-state index in [2.05, 4.69) is 32.9 Å². The predicted molar refractivity (Wildman–Crippen MR) is 96.4 cm³/mol. The summed E-state index contributed by atoms with van der Waals surface area (Å²) in [6, 6.07) is 0. The molecular formula is C22H32O2. The van der Waals surface area contributed by atoms with Gasteiger partial charge in [-0.1, -0.05) is 32.9 Å². The summed E-state index contributed by atoms with van der Waals surface area (Å²) >= 11 is 0. The lowest BCUT2D eigenvalue weighted by Crippen LogP contribution is -2.49. The molecule has 132 valence electrons. The van der Waals surface area contributed by atoms with Gasteiger partial charge < -0.3 is 5.11 Å². The molecule has 24 heavy (non-hydrogen) atoms. The molecular weight excluding hydrogens is 296 g/mol. The van der Waals surface area contributed by atoms with Crippen molar-refractivity contribution < 1.29 is 9.90 Å². The van der Waals surface area contributed by atoms with E-state index in [0.717, 1.165) is 18.8 Å². The molecule has 4 aliphatic rings. The Morgan fingerprint density at radius 3 is 2.75 bits per heavy atom. The monoisotopic (exact) mass is 328 g/mol. The van der Waals surface area contributed by atoms with Crippen LogP contribution in [0.25, 0.3) is 0 Å². The van der Waals surface area contributed by atoms with E-state index in [1.54, 1.807) is 0 Å². The van der Waals surface area contributed by atoms with Crippen molar-refractivity contribution in [2.24, 2.45) is 40.4 Å². The minimum Gasteiger partial charge on any atom is -0.396 e. The van der Waals surface area contributed by atoms with E-state index < -0.39 is 0 Å². The summed E-state index contributed by atoms with van der Waals surface area (Å²) in [5.74, 6) is 3.51. The molecule has 0 spiro atoms. The maximum absolute atomic E-state index is 11.9. The van der Waals surface area contributed by atoms with Crippen molar-refractivity contribution in [1.29, 1.82) is 0 Å². The van der Waals surface area contributed by atoms with Gasteiger partial charge in [0, 0.05) is 13.0 Å². The third kappa shape index (κ3) is 2.14. The van der Waals surface area contributed by atoms with Crippen LogP contribution in [0.15, 0.2) is 23.8 Å². The van der Waals surface area contributed by atoms with Crippen LogP contribution in [0.3, 0.4) is 0 Å². The molecule has 0 bridgehead atoms. The second-order valence-corrected chi connectivity index (χ2v) is 9.52. The summed E-state index contributed by atoms with van der Waals surface area (Å²) in [5, 5.41) is 9.70. The number of rotatable bonds is 2. The molecule has 4 unspecified atom stereocenters. The average molecular weight is 328 g/mol. The van der Waals surface area contributed by atoms with E-state index >= 15 is 0 Å². The van der Waals surface area contributed by atoms with Crippen LogP contribution >= 0.6 is 0 Å². The summed E-state index contributed by atoms with van der Waals surface area (Å²) in [5.41, 5.74) is 1.88. The van der Waals surface area contributed by atoms with Crippen LogP contribution in [0.5, 0.6) is 0 Å². The average Bonchev–Trinajstić information content (AvgIpc) is 2.92. The topological polar surface area (TPSA) is 37.3 Å². The van der Waals surface area contributed by atoms with Gasteiger partial charge in [0.05, 0.1) is 0 Å². The normalized spacial score (nSPS) is 48.3. The van der Waals surface area contributed by atoms with E-state index in [1.165, 1.54) is 31.3 Å². The quantitative estimate of drug-likeness (QED) is 0.808. The van der Waals surface area contributed by atoms with Gasteiger partial charge in [-0.2, -0.15) is 0 Å². The highest BCUT2D eigenvalue weighted by molar-refractivity contribution is 5.92. The highest BCUT2D eigenvalue weighted by atomic mass is 16.3. The van der Waals surface area contributed by atoms with E-state index in [1.807, 2.05) is 6.08 Å². The van der Waals surface area contributed by atoms with Crippen LogP contribution in [0.2, 0.25) is 0 Å². The van der Waals surface area contributed by atoms with Crippen LogP contribution in [0.4, 0.5) is 0 Å². The minimum atomic E-state index is 0.204. The smallest absolute Gasteiger partial charge is 0.156 e. The van der Waals surface area contributed by atoms with Gasteiger partial charge in [0.1, 0.15) is 0 Å². The standard InChI is InChI=1S/C22H32O2/c1-14(13-23)18-6-7-19-17-5-4-15-12-16(24)8-10-21(15,2)20(17)9-11-22(18,19)3/h4-5,12,14,17-20,23H,6-11,13H2,1-3H3/t14?,17?,18-,19?,20?,21+,22-/m1/s1. The SMILES string of the molecule is CC(CO)[C@H]1CCC2C3C=CC4=CC(=O)CC[C@]4(C)C3CC[C@@]21C. The molecule has 0 aliphatic heterocycles. The first-order valence-electron chi connectivity index (χ1n) is 9.94. The Labute approximate surface area is 146 Å². The van der Waals surface area contributed by atoms with Crippen LogP contribution < -0.4 is 0 Å². The lowest BCUT2D eigenvalue weighted by Gasteiger charge is -2.56. The van der Waals surface area contributed by atoms with Crippen molar-refractivity contribution in [2.75, 3.05) is 6.61 Å². The lowest BCUT2D eigenvalue weighted by molar-refractivity contribution is -0.116. The molecule has 2 heteroatoms. The van der Waals surface area contributed by atoms with Gasteiger partial charge in [0.25, 0.3) is 0 Å². The minimum absolute atomic E-state index is 0.204. The summed E-state index contributed by atoms with van der Waals surface area (Å²) in [7, 11) is 0. The van der Waals surface area contributed by atoms with Crippen molar-refractivity contribution >= 4 is 5.78 Å². The zero-order valence-electron chi connectivity index (χ0n) is 15.4. The maximum Gasteiger partial charge on any atom is 0.156 e. The number of hydrogen-bond acceptors (Lipinski definition) is 2. The Morgan fingerprint density at radius 2 is 2.00 bits per heavy atom. The molecule has 2 nitrogen and oxygen atoms in total. The zero-order chi connectivity index (χ0) is 17.1. The molecule has 0 radical (unpaired) electrons. The molecule has 0 amide bonds. The first-order valence-corrected chi connectivity index (χ1v) is 9.94. The molecule has 2 fully saturated rings. The Hall–Kier alpha value is -0.890. The molecule has 4 aliphatic carbocycles. The molecule has 0 heterocycles. The zero-order valence-corrected chi connectivity index (χ0v) is 15.4.